The molecule has 2 aliphatic rings. The SMILES string of the molecule is CCN1C[C@@H](CN(C)C(=O)CN2CCCC2=O)Oc2ccccc21. The lowest BCUT2D eigenvalue weighted by Gasteiger charge is -2.37. The summed E-state index contributed by atoms with van der Waals surface area (Å²) in [6.07, 6.45) is 1.34. The number of likely N-dealkylation sites (N-methyl/N-ethyl adjacent to an activating group) is 2. The number of carbonyl (C=O) groups is 2. The van der Waals surface area contributed by atoms with Crippen LogP contribution in [0.2, 0.25) is 0 Å². The van der Waals surface area contributed by atoms with E-state index in [-0.39, 0.29) is 24.5 Å². The first-order valence-electron chi connectivity index (χ1n) is 8.61. The Bertz CT molecular complexity index is 619. The van der Waals surface area contributed by atoms with Gasteiger partial charge >= 0.3 is 0 Å². The zero-order chi connectivity index (χ0) is 17.1. The van der Waals surface area contributed by atoms with Crippen molar-refractivity contribution in [2.24, 2.45) is 0 Å². The summed E-state index contributed by atoms with van der Waals surface area (Å²) in [7, 11) is 1.78. The summed E-state index contributed by atoms with van der Waals surface area (Å²) >= 11 is 0. The van der Waals surface area contributed by atoms with Crippen LogP contribution < -0.4 is 9.64 Å². The predicted molar refractivity (Wildman–Crippen MR) is 92.2 cm³/mol. The zero-order valence-corrected chi connectivity index (χ0v) is 14.4. The quantitative estimate of drug-likeness (QED) is 0.817. The van der Waals surface area contributed by atoms with Crippen LogP contribution in [0.15, 0.2) is 24.3 Å². The fraction of sp³-hybridized carbons (Fsp3) is 0.556. The molecule has 2 amide bonds. The van der Waals surface area contributed by atoms with Gasteiger partial charge in [-0.05, 0) is 25.5 Å². The molecule has 0 aromatic heterocycles. The van der Waals surface area contributed by atoms with Crippen molar-refractivity contribution in [3.8, 4) is 5.75 Å². The van der Waals surface area contributed by atoms with Crippen molar-refractivity contribution in [1.82, 2.24) is 9.80 Å². The van der Waals surface area contributed by atoms with E-state index in [0.29, 0.717) is 19.5 Å². The van der Waals surface area contributed by atoms with Crippen LogP contribution in [-0.2, 0) is 9.59 Å². The summed E-state index contributed by atoms with van der Waals surface area (Å²) in [6.45, 7) is 5.16. The lowest BCUT2D eigenvalue weighted by Crippen LogP contribution is -2.48. The monoisotopic (exact) mass is 331 g/mol. The van der Waals surface area contributed by atoms with Gasteiger partial charge < -0.3 is 19.4 Å². The van der Waals surface area contributed by atoms with Crippen LogP contribution in [0.5, 0.6) is 5.75 Å². The Morgan fingerprint density at radius 1 is 1.33 bits per heavy atom. The first kappa shape index (κ1) is 16.6. The van der Waals surface area contributed by atoms with Gasteiger partial charge in [0.05, 0.1) is 25.3 Å². The number of rotatable bonds is 5. The molecular formula is C18H25N3O3. The number of benzene rings is 1. The second-order valence-electron chi connectivity index (χ2n) is 6.44. The molecule has 3 rings (SSSR count). The molecule has 1 atom stereocenters. The first-order valence-corrected chi connectivity index (χ1v) is 8.61. The number of amides is 2. The normalized spacial score (nSPS) is 19.9. The highest BCUT2D eigenvalue weighted by Gasteiger charge is 2.28. The summed E-state index contributed by atoms with van der Waals surface area (Å²) in [5, 5.41) is 0. The van der Waals surface area contributed by atoms with Gasteiger partial charge in [0.1, 0.15) is 11.9 Å². The van der Waals surface area contributed by atoms with Crippen molar-refractivity contribution < 1.29 is 14.3 Å². The number of para-hydroxylation sites is 2. The second kappa shape index (κ2) is 7.11. The van der Waals surface area contributed by atoms with E-state index < -0.39 is 0 Å². The predicted octanol–water partition coefficient (Wildman–Crippen LogP) is 1.35. The van der Waals surface area contributed by atoms with Crippen LogP contribution in [0.25, 0.3) is 0 Å². The average molecular weight is 331 g/mol. The number of anilines is 1. The van der Waals surface area contributed by atoms with Crippen LogP contribution in [0.3, 0.4) is 0 Å². The molecule has 2 heterocycles. The molecule has 0 radical (unpaired) electrons. The Morgan fingerprint density at radius 3 is 2.83 bits per heavy atom. The van der Waals surface area contributed by atoms with Gasteiger partial charge in [0.25, 0.3) is 0 Å². The number of likely N-dealkylation sites (tertiary alicyclic amines) is 1. The molecule has 0 N–H and O–H groups in total. The van der Waals surface area contributed by atoms with Crippen molar-refractivity contribution in [3.05, 3.63) is 24.3 Å². The Labute approximate surface area is 143 Å². The molecule has 2 aliphatic heterocycles. The number of fused-ring (bicyclic) bond motifs is 1. The number of hydrogen-bond donors (Lipinski definition) is 0. The summed E-state index contributed by atoms with van der Waals surface area (Å²) in [4.78, 5) is 29.6. The van der Waals surface area contributed by atoms with Crippen LogP contribution in [0.1, 0.15) is 19.8 Å². The van der Waals surface area contributed by atoms with Crippen molar-refractivity contribution in [2.75, 3.05) is 44.7 Å². The van der Waals surface area contributed by atoms with E-state index in [1.807, 2.05) is 18.2 Å². The van der Waals surface area contributed by atoms with Gasteiger partial charge in [-0.1, -0.05) is 12.1 Å². The van der Waals surface area contributed by atoms with Crippen molar-refractivity contribution in [3.63, 3.8) is 0 Å². The lowest BCUT2D eigenvalue weighted by molar-refractivity contribution is -0.138. The maximum absolute atomic E-state index is 12.4. The molecule has 1 saturated heterocycles. The number of hydrogen-bond acceptors (Lipinski definition) is 4. The van der Waals surface area contributed by atoms with E-state index >= 15 is 0 Å². The molecule has 24 heavy (non-hydrogen) atoms. The van der Waals surface area contributed by atoms with Gasteiger partial charge in [-0.25, -0.2) is 0 Å². The maximum Gasteiger partial charge on any atom is 0.242 e. The van der Waals surface area contributed by atoms with Crippen LogP contribution in [0.4, 0.5) is 5.69 Å². The third-order valence-electron chi connectivity index (χ3n) is 4.71. The second-order valence-corrected chi connectivity index (χ2v) is 6.44. The summed E-state index contributed by atoms with van der Waals surface area (Å²) < 4.78 is 6.06. The summed E-state index contributed by atoms with van der Waals surface area (Å²) in [6, 6.07) is 7.99. The zero-order valence-electron chi connectivity index (χ0n) is 14.4. The van der Waals surface area contributed by atoms with Crippen molar-refractivity contribution in [2.45, 2.75) is 25.9 Å². The first-order chi connectivity index (χ1) is 11.6. The Balaban J connectivity index is 1.59. The number of ether oxygens (including phenoxy) is 1. The molecule has 0 saturated carbocycles. The topological polar surface area (TPSA) is 53.1 Å². The van der Waals surface area contributed by atoms with E-state index in [1.165, 1.54) is 0 Å². The molecule has 0 spiro atoms. The summed E-state index contributed by atoms with van der Waals surface area (Å²) in [5.74, 6) is 0.915. The molecule has 1 aromatic rings. The van der Waals surface area contributed by atoms with E-state index in [9.17, 15) is 9.59 Å². The third kappa shape index (κ3) is 3.47. The standard InChI is InChI=1S/C18H25N3O3/c1-3-20-12-14(24-16-8-5-4-7-15(16)20)11-19(2)18(23)13-21-10-6-9-17(21)22/h4-5,7-8,14H,3,6,9-13H2,1-2H3/t14-/m1/s1. The smallest absolute Gasteiger partial charge is 0.242 e. The third-order valence-corrected chi connectivity index (χ3v) is 4.71. The largest absolute Gasteiger partial charge is 0.485 e. The van der Waals surface area contributed by atoms with E-state index in [1.54, 1.807) is 16.8 Å². The minimum absolute atomic E-state index is 0.0317. The minimum atomic E-state index is -0.0666. The van der Waals surface area contributed by atoms with Gasteiger partial charge in [0.15, 0.2) is 0 Å². The van der Waals surface area contributed by atoms with Gasteiger partial charge in [-0.3, -0.25) is 9.59 Å². The van der Waals surface area contributed by atoms with Crippen molar-refractivity contribution in [1.29, 1.82) is 0 Å². The highest BCUT2D eigenvalue weighted by atomic mass is 16.5. The van der Waals surface area contributed by atoms with Gasteiger partial charge in [-0.15, -0.1) is 0 Å². The molecule has 0 bridgehead atoms. The fourth-order valence-corrected chi connectivity index (χ4v) is 3.34. The van der Waals surface area contributed by atoms with Crippen LogP contribution in [0, 0.1) is 0 Å². The number of nitrogens with zero attached hydrogens (tertiary/aromatic N) is 3. The highest BCUT2D eigenvalue weighted by Crippen LogP contribution is 2.32. The van der Waals surface area contributed by atoms with Crippen LogP contribution in [-0.4, -0.2) is 67.5 Å². The van der Waals surface area contributed by atoms with Crippen LogP contribution >= 0.6 is 0 Å². The summed E-state index contributed by atoms with van der Waals surface area (Å²) in [5.41, 5.74) is 1.10. The Morgan fingerprint density at radius 2 is 2.12 bits per heavy atom. The van der Waals surface area contributed by atoms with Gasteiger partial charge in [-0.2, -0.15) is 0 Å². The molecule has 1 aromatic carbocycles. The van der Waals surface area contributed by atoms with E-state index in [2.05, 4.69) is 17.9 Å². The van der Waals surface area contributed by atoms with Gasteiger partial charge in [0.2, 0.25) is 11.8 Å². The van der Waals surface area contributed by atoms with Crippen molar-refractivity contribution >= 4 is 17.5 Å². The average Bonchev–Trinajstić information content (AvgIpc) is 2.98. The Hall–Kier alpha value is -2.24. The Kier molecular flexibility index (Phi) is 4.92. The highest BCUT2D eigenvalue weighted by molar-refractivity contribution is 5.85. The maximum atomic E-state index is 12.4. The lowest BCUT2D eigenvalue weighted by atomic mass is 10.2. The molecule has 130 valence electrons. The molecule has 0 aliphatic carbocycles. The van der Waals surface area contributed by atoms with Gasteiger partial charge in [0, 0.05) is 26.6 Å². The van der Waals surface area contributed by atoms with E-state index in [0.717, 1.165) is 30.9 Å². The number of carbonyl (C=O) groups excluding carboxylic acids is 2. The molecule has 6 heteroatoms. The molecule has 6 nitrogen and oxygen atoms in total. The fourth-order valence-electron chi connectivity index (χ4n) is 3.34. The molecular weight excluding hydrogens is 306 g/mol. The molecule has 1 fully saturated rings. The molecule has 0 unspecified atom stereocenters. The van der Waals surface area contributed by atoms with E-state index in [4.69, 9.17) is 4.74 Å². The minimum Gasteiger partial charge on any atom is -0.485 e.